The van der Waals surface area contributed by atoms with Gasteiger partial charge in [0.2, 0.25) is 0 Å². The van der Waals surface area contributed by atoms with E-state index in [0.29, 0.717) is 5.69 Å². The monoisotopic (exact) mass is 95.0 g/mol. The summed E-state index contributed by atoms with van der Waals surface area (Å²) in [5.41, 5.74) is 0.500. The first-order valence-corrected chi connectivity index (χ1v) is 1.72. The molecule has 1 aromatic heterocycles. The van der Waals surface area contributed by atoms with E-state index in [9.17, 15) is 0 Å². The summed E-state index contributed by atoms with van der Waals surface area (Å²) >= 11 is 0. The van der Waals surface area contributed by atoms with Crippen LogP contribution in [0.3, 0.4) is 0 Å². The van der Waals surface area contributed by atoms with Gasteiger partial charge >= 0.3 is 0 Å². The van der Waals surface area contributed by atoms with Crippen molar-refractivity contribution in [1.82, 2.24) is 15.4 Å². The van der Waals surface area contributed by atoms with Crippen molar-refractivity contribution < 1.29 is 0 Å². The van der Waals surface area contributed by atoms with E-state index in [1.54, 1.807) is 0 Å². The number of H-pyrrole nitrogens is 1. The topological polar surface area (TPSA) is 65.4 Å². The molecular formula is C3H3N4. The van der Waals surface area contributed by atoms with E-state index in [1.807, 2.05) is 0 Å². The van der Waals surface area contributed by atoms with Crippen LogP contribution in [0.2, 0.25) is 0 Å². The highest BCUT2D eigenvalue weighted by Gasteiger charge is 1.82. The lowest BCUT2D eigenvalue weighted by atomic mass is 10.5. The minimum Gasteiger partial charge on any atom is -0.306 e. The second-order valence-corrected chi connectivity index (χ2v) is 0.982. The zero-order valence-electron chi connectivity index (χ0n) is 3.47. The molecule has 7 heavy (non-hydrogen) atoms. The molecule has 0 saturated carbocycles. The Kier molecular flexibility index (Phi) is 0.856. The number of nitrogens with zero attached hydrogens (tertiary/aromatic N) is 2. The Bertz CT molecular complexity index is 142. The minimum atomic E-state index is 0.500. The van der Waals surface area contributed by atoms with Crippen LogP contribution in [0.5, 0.6) is 0 Å². The Morgan fingerprint density at radius 2 is 2.71 bits per heavy atom. The Labute approximate surface area is 40.1 Å². The van der Waals surface area contributed by atoms with Gasteiger partial charge in [-0.3, -0.25) is 5.10 Å². The number of aromatic amines is 1. The average Bonchev–Trinajstić information content (AvgIpc) is 2.14. The summed E-state index contributed by atoms with van der Waals surface area (Å²) in [6.07, 6.45) is 3.52. The van der Waals surface area contributed by atoms with Crippen molar-refractivity contribution in [3.05, 3.63) is 11.9 Å². The van der Waals surface area contributed by atoms with Crippen LogP contribution in [0.4, 0.5) is 0 Å². The van der Waals surface area contributed by atoms with Gasteiger partial charge in [-0.05, 0) is 0 Å². The van der Waals surface area contributed by atoms with Crippen LogP contribution in [0.1, 0.15) is 5.69 Å². The van der Waals surface area contributed by atoms with Crippen LogP contribution < -0.4 is 0 Å². The Morgan fingerprint density at radius 3 is 3.00 bits per heavy atom. The Morgan fingerprint density at radius 1 is 1.86 bits per heavy atom. The zero-order valence-corrected chi connectivity index (χ0v) is 3.47. The predicted octanol–water partition coefficient (Wildman–Crippen LogP) is -0.397. The van der Waals surface area contributed by atoms with Crippen molar-refractivity contribution in [2.45, 2.75) is 0 Å². The largest absolute Gasteiger partial charge is 0.306 e. The van der Waals surface area contributed by atoms with Gasteiger partial charge < -0.3 is 5.41 Å². The molecule has 0 aromatic carbocycles. The molecule has 35 valence electrons. The lowest BCUT2D eigenvalue weighted by molar-refractivity contribution is 0.936. The SMILES string of the molecule is N=Cc1[c]nn[nH]1. The first kappa shape index (κ1) is 3.98. The van der Waals surface area contributed by atoms with Crippen molar-refractivity contribution >= 4 is 6.21 Å². The van der Waals surface area contributed by atoms with Gasteiger partial charge in [-0.15, -0.1) is 5.10 Å². The van der Waals surface area contributed by atoms with Crippen LogP contribution in [0, 0.1) is 11.6 Å². The van der Waals surface area contributed by atoms with E-state index >= 15 is 0 Å². The maximum Gasteiger partial charge on any atom is 0.144 e. The molecule has 0 aliphatic carbocycles. The van der Waals surface area contributed by atoms with Gasteiger partial charge in [0, 0.05) is 6.21 Å². The third kappa shape index (κ3) is 0.623. The molecule has 1 rings (SSSR count). The van der Waals surface area contributed by atoms with Gasteiger partial charge in [0.1, 0.15) is 11.9 Å². The predicted molar refractivity (Wildman–Crippen MR) is 23.1 cm³/mol. The molecule has 1 heterocycles. The maximum atomic E-state index is 6.59. The Hall–Kier alpha value is -1.19. The molecule has 0 bridgehead atoms. The summed E-state index contributed by atoms with van der Waals surface area (Å²) in [6.45, 7) is 0. The Balaban J connectivity index is 2.96. The number of rotatable bonds is 1. The van der Waals surface area contributed by atoms with Crippen molar-refractivity contribution in [2.75, 3.05) is 0 Å². The third-order valence-electron chi connectivity index (χ3n) is 0.535. The number of hydrogen-bond donors (Lipinski definition) is 2. The smallest absolute Gasteiger partial charge is 0.144 e. The number of nitrogens with one attached hydrogen (secondary N) is 2. The fourth-order valence-electron chi connectivity index (χ4n) is 0.247. The van der Waals surface area contributed by atoms with Crippen LogP contribution in [0.25, 0.3) is 0 Å². The van der Waals surface area contributed by atoms with E-state index in [0.717, 1.165) is 6.21 Å². The summed E-state index contributed by atoms with van der Waals surface area (Å²) in [5, 5.41) is 15.6. The first-order chi connectivity index (χ1) is 3.43. The van der Waals surface area contributed by atoms with E-state index < -0.39 is 0 Å². The second kappa shape index (κ2) is 1.51. The quantitative estimate of drug-likeness (QED) is 0.466. The van der Waals surface area contributed by atoms with Gasteiger partial charge in [-0.2, -0.15) is 0 Å². The molecule has 0 aliphatic heterocycles. The van der Waals surface area contributed by atoms with Crippen LogP contribution in [-0.2, 0) is 0 Å². The lowest BCUT2D eigenvalue weighted by Gasteiger charge is -1.67. The van der Waals surface area contributed by atoms with Gasteiger partial charge in [-0.1, -0.05) is 5.21 Å². The van der Waals surface area contributed by atoms with Crippen molar-refractivity contribution in [1.29, 1.82) is 5.41 Å². The summed E-state index contributed by atoms with van der Waals surface area (Å²) in [6, 6.07) is 0. The number of aromatic nitrogens is 3. The molecule has 0 saturated heterocycles. The lowest BCUT2D eigenvalue weighted by Crippen LogP contribution is -1.75. The van der Waals surface area contributed by atoms with E-state index in [1.165, 1.54) is 0 Å². The molecule has 1 radical (unpaired) electrons. The molecule has 0 unspecified atom stereocenters. The van der Waals surface area contributed by atoms with Gasteiger partial charge in [0.05, 0.1) is 0 Å². The summed E-state index contributed by atoms with van der Waals surface area (Å²) in [5.74, 6) is 0. The van der Waals surface area contributed by atoms with Crippen LogP contribution in [-0.4, -0.2) is 21.6 Å². The standard InChI is InChI=1S/C3H3N4/c4-1-3-2-5-7-6-3/h1,4H,(H,5,6,7). The molecule has 4 heteroatoms. The molecule has 0 atom stereocenters. The van der Waals surface area contributed by atoms with Gasteiger partial charge in [0.25, 0.3) is 0 Å². The average molecular weight is 95.1 g/mol. The summed E-state index contributed by atoms with van der Waals surface area (Å²) < 4.78 is 0. The molecule has 0 spiro atoms. The molecule has 2 N–H and O–H groups in total. The highest BCUT2D eigenvalue weighted by atomic mass is 15.3. The summed E-state index contributed by atoms with van der Waals surface area (Å²) in [4.78, 5) is 0. The molecule has 4 nitrogen and oxygen atoms in total. The first-order valence-electron chi connectivity index (χ1n) is 1.72. The van der Waals surface area contributed by atoms with Crippen LogP contribution in [0.15, 0.2) is 0 Å². The highest BCUT2D eigenvalue weighted by molar-refractivity contribution is 5.72. The fourth-order valence-corrected chi connectivity index (χ4v) is 0.247. The van der Waals surface area contributed by atoms with Crippen LogP contribution >= 0.6 is 0 Å². The fraction of sp³-hybridized carbons (Fsp3) is 0. The number of hydrogen-bond acceptors (Lipinski definition) is 3. The van der Waals surface area contributed by atoms with Crippen molar-refractivity contribution in [2.24, 2.45) is 0 Å². The third-order valence-corrected chi connectivity index (χ3v) is 0.535. The van der Waals surface area contributed by atoms with E-state index in [2.05, 4.69) is 21.6 Å². The van der Waals surface area contributed by atoms with Gasteiger partial charge in [-0.25, -0.2) is 0 Å². The minimum absolute atomic E-state index is 0.500. The van der Waals surface area contributed by atoms with Crippen molar-refractivity contribution in [3.8, 4) is 0 Å². The zero-order chi connectivity index (χ0) is 5.11. The summed E-state index contributed by atoms with van der Waals surface area (Å²) in [7, 11) is 0. The normalized spacial score (nSPS) is 8.57. The molecule has 0 aliphatic rings. The second-order valence-electron chi connectivity index (χ2n) is 0.982. The molecule has 1 aromatic rings. The van der Waals surface area contributed by atoms with E-state index in [-0.39, 0.29) is 0 Å². The molecule has 0 fully saturated rings. The highest BCUT2D eigenvalue weighted by Crippen LogP contribution is 1.74. The van der Waals surface area contributed by atoms with Crippen molar-refractivity contribution in [3.63, 3.8) is 0 Å². The maximum absolute atomic E-state index is 6.59. The molecular weight excluding hydrogens is 92.1 g/mol. The van der Waals surface area contributed by atoms with Gasteiger partial charge in [0.15, 0.2) is 0 Å². The molecule has 0 amide bonds. The van der Waals surface area contributed by atoms with E-state index in [4.69, 9.17) is 5.41 Å².